The maximum absolute atomic E-state index is 17.2. The van der Waals surface area contributed by atoms with Crippen LogP contribution in [0.4, 0.5) is 8.78 Å². The van der Waals surface area contributed by atoms with Crippen molar-refractivity contribution in [2.75, 3.05) is 13.1 Å². The number of benzene rings is 3. The first-order chi connectivity index (χ1) is 26.2. The summed E-state index contributed by atoms with van der Waals surface area (Å²) in [6, 6.07) is 17.6. The zero-order valence-electron chi connectivity index (χ0n) is 29.5. The van der Waals surface area contributed by atoms with E-state index in [-0.39, 0.29) is 70.7 Å². The summed E-state index contributed by atoms with van der Waals surface area (Å²) in [7, 11) is 0. The third-order valence-electron chi connectivity index (χ3n) is 11.9. The summed E-state index contributed by atoms with van der Waals surface area (Å²) >= 11 is 13.1. The minimum Gasteiger partial charge on any atom is -0.372 e. The average molecular weight is 766 g/mol. The number of nitrogens with zero attached hydrogens (tertiary/aromatic N) is 5. The van der Waals surface area contributed by atoms with E-state index in [1.165, 1.54) is 12.1 Å². The van der Waals surface area contributed by atoms with Crippen molar-refractivity contribution in [1.29, 1.82) is 10.5 Å². The highest BCUT2D eigenvalue weighted by Crippen LogP contribution is 2.51. The molecule has 2 aromatic heterocycles. The highest BCUT2D eigenvalue weighted by atomic mass is 35.5. The van der Waals surface area contributed by atoms with Gasteiger partial charge in [-0.1, -0.05) is 41.4 Å². The second-order valence-corrected chi connectivity index (χ2v) is 15.9. The van der Waals surface area contributed by atoms with Crippen molar-refractivity contribution in [3.05, 3.63) is 98.3 Å². The number of likely N-dealkylation sites (tertiary alicyclic amines) is 1. The van der Waals surface area contributed by atoms with E-state index in [4.69, 9.17) is 32.9 Å². The van der Waals surface area contributed by atoms with Crippen molar-refractivity contribution in [3.63, 3.8) is 0 Å². The largest absolute Gasteiger partial charge is 0.372 e. The number of aromatic nitrogens is 2. The van der Waals surface area contributed by atoms with E-state index in [9.17, 15) is 19.7 Å². The first kappa shape index (κ1) is 35.1. The van der Waals surface area contributed by atoms with Gasteiger partial charge in [0.1, 0.15) is 11.3 Å². The van der Waals surface area contributed by atoms with Crippen LogP contribution in [0, 0.1) is 53.1 Å². The number of nitriles is 2. The number of rotatable bonds is 9. The Morgan fingerprint density at radius 1 is 1.07 bits per heavy atom. The molecule has 5 heterocycles. The summed E-state index contributed by atoms with van der Waals surface area (Å²) in [4.78, 5) is 20.9. The third kappa shape index (κ3) is 5.74. The van der Waals surface area contributed by atoms with E-state index in [1.54, 1.807) is 24.3 Å². The molecule has 5 atom stereocenters. The summed E-state index contributed by atoms with van der Waals surface area (Å²) in [6.07, 6.45) is 3.41. The number of carbonyl (C=O) groups excluding carboxylic acids is 1. The standard InChI is InChI=1S/C42H36Cl2F2N6O2/c1-21-30-16-35(34-15-28(19-51(34)42(53)22-7-8-22)54-20-24-9-10-27(45)12-25(24)17-48)52(40-26-14-33(40)49-18-26)41(30)31-13-23(4-3-11-47)36(38(46)39(31)50-21)29-5-2-6-32(43)37(29)44/h2,5-6,9-10,12-13,16,22,26,28,33-34,40,49H,3-4,7-8,14-15,18-20H2,1H3/t26-,28+,33-,34-,40+/m1/s1. The fourth-order valence-electron chi connectivity index (χ4n) is 9.09. The summed E-state index contributed by atoms with van der Waals surface area (Å²) in [6.45, 7) is 3.26. The summed E-state index contributed by atoms with van der Waals surface area (Å²) in [5.74, 6) is -0.556. The van der Waals surface area contributed by atoms with Gasteiger partial charge in [0.25, 0.3) is 0 Å². The number of ether oxygens (including phenoxy) is 1. The molecule has 12 heteroatoms. The SMILES string of the molecule is Cc1nc2c(F)c(-c3cccc(Cl)c3Cl)c(CCC#N)cc2c2c1cc([C@H]1C[C@H](OCc3ccc(F)cc3C#N)CN1C(=O)C1CC1)n2[C@H]1[C@H]2CN[C@@H]1C2. The van der Waals surface area contributed by atoms with Gasteiger partial charge in [0.05, 0.1) is 58.1 Å². The predicted octanol–water partition coefficient (Wildman–Crippen LogP) is 8.88. The number of aryl methyl sites for hydroxylation is 2. The normalized spacial score (nSPS) is 23.2. The number of carbonyl (C=O) groups is 1. The Hall–Kier alpha value is -4.58. The zero-order chi connectivity index (χ0) is 37.4. The number of hydrogen-bond acceptors (Lipinski definition) is 6. The first-order valence-corrected chi connectivity index (χ1v) is 19.2. The topological polar surface area (TPSA) is 107 Å². The molecule has 2 saturated carbocycles. The second-order valence-electron chi connectivity index (χ2n) is 15.1. The van der Waals surface area contributed by atoms with Gasteiger partial charge in [-0.25, -0.2) is 13.8 Å². The van der Waals surface area contributed by atoms with Gasteiger partial charge in [-0.2, -0.15) is 10.5 Å². The minimum atomic E-state index is -0.518. The number of hydrogen-bond donors (Lipinski definition) is 1. The fourth-order valence-corrected chi connectivity index (χ4v) is 9.49. The van der Waals surface area contributed by atoms with Crippen LogP contribution in [0.3, 0.4) is 0 Å². The molecule has 3 aromatic carbocycles. The van der Waals surface area contributed by atoms with Crippen LogP contribution < -0.4 is 5.32 Å². The first-order valence-electron chi connectivity index (χ1n) is 18.5. The quantitative estimate of drug-likeness (QED) is 0.161. The lowest BCUT2D eigenvalue weighted by Gasteiger charge is -2.39. The molecule has 1 amide bonds. The van der Waals surface area contributed by atoms with E-state index in [1.807, 2.05) is 17.9 Å². The van der Waals surface area contributed by atoms with E-state index in [0.29, 0.717) is 58.1 Å². The number of nitrogens with one attached hydrogen (secondary N) is 1. The van der Waals surface area contributed by atoms with Crippen LogP contribution in [0.5, 0.6) is 0 Å². The summed E-state index contributed by atoms with van der Waals surface area (Å²) in [5, 5.41) is 25.0. The van der Waals surface area contributed by atoms with Crippen LogP contribution in [0.25, 0.3) is 32.9 Å². The number of fused-ring (bicyclic) bond motifs is 4. The lowest BCUT2D eigenvalue weighted by molar-refractivity contribution is -0.134. The molecule has 2 bridgehead atoms. The van der Waals surface area contributed by atoms with Crippen LogP contribution in [0.1, 0.15) is 72.3 Å². The van der Waals surface area contributed by atoms with Crippen LogP contribution in [-0.4, -0.2) is 45.6 Å². The molecule has 3 saturated heterocycles. The Morgan fingerprint density at radius 3 is 2.63 bits per heavy atom. The fraction of sp³-hybridized carbons (Fsp3) is 0.381. The highest BCUT2D eigenvalue weighted by molar-refractivity contribution is 6.43. The van der Waals surface area contributed by atoms with E-state index >= 15 is 4.39 Å². The molecule has 54 heavy (non-hydrogen) atoms. The Bertz CT molecular complexity index is 2450. The molecular formula is C42H36Cl2F2N6O2. The smallest absolute Gasteiger partial charge is 0.226 e. The van der Waals surface area contributed by atoms with Crippen LogP contribution in [0.2, 0.25) is 10.0 Å². The number of amides is 1. The molecule has 5 fully saturated rings. The van der Waals surface area contributed by atoms with Crippen molar-refractivity contribution in [3.8, 4) is 23.3 Å². The summed E-state index contributed by atoms with van der Waals surface area (Å²) in [5.41, 5.74) is 4.89. The summed E-state index contributed by atoms with van der Waals surface area (Å²) < 4.78 is 39.9. The van der Waals surface area contributed by atoms with Crippen LogP contribution in [-0.2, 0) is 22.6 Å². The van der Waals surface area contributed by atoms with Gasteiger partial charge in [0.15, 0.2) is 5.82 Å². The molecule has 0 unspecified atom stereocenters. The molecule has 10 rings (SSSR count). The Kier molecular flexibility index (Phi) is 8.86. The van der Waals surface area contributed by atoms with E-state index < -0.39 is 11.6 Å². The van der Waals surface area contributed by atoms with Crippen molar-refractivity contribution in [2.24, 2.45) is 11.8 Å². The van der Waals surface area contributed by atoms with Gasteiger partial charge < -0.3 is 19.5 Å². The second kappa shape index (κ2) is 13.6. The van der Waals surface area contributed by atoms with Gasteiger partial charge in [-0.05, 0) is 80.0 Å². The molecule has 274 valence electrons. The molecule has 5 aromatic rings. The lowest BCUT2D eigenvalue weighted by Crippen LogP contribution is -2.41. The Balaban J connectivity index is 1.21. The molecule has 0 radical (unpaired) electrons. The third-order valence-corrected chi connectivity index (χ3v) is 12.7. The number of halogens is 4. The molecule has 1 N–H and O–H groups in total. The van der Waals surface area contributed by atoms with Crippen molar-refractivity contribution >= 4 is 50.9 Å². The van der Waals surface area contributed by atoms with Crippen LogP contribution in [0.15, 0.2) is 48.5 Å². The van der Waals surface area contributed by atoms with Gasteiger partial charge >= 0.3 is 0 Å². The van der Waals surface area contributed by atoms with Gasteiger partial charge in [0.2, 0.25) is 5.91 Å². The van der Waals surface area contributed by atoms with E-state index in [2.05, 4.69) is 28.1 Å². The molecule has 5 aliphatic rings. The Morgan fingerprint density at radius 2 is 1.91 bits per heavy atom. The highest BCUT2D eigenvalue weighted by Gasteiger charge is 2.51. The van der Waals surface area contributed by atoms with Crippen molar-refractivity contribution in [1.82, 2.24) is 19.8 Å². The van der Waals surface area contributed by atoms with Gasteiger partial charge in [-0.3, -0.25) is 4.79 Å². The molecule has 3 aliphatic heterocycles. The van der Waals surface area contributed by atoms with Crippen LogP contribution >= 0.6 is 23.2 Å². The Labute approximate surface area is 321 Å². The predicted molar refractivity (Wildman–Crippen MR) is 202 cm³/mol. The maximum atomic E-state index is 17.2. The van der Waals surface area contributed by atoms with Gasteiger partial charge in [-0.15, -0.1) is 0 Å². The molecule has 2 aliphatic carbocycles. The number of pyridine rings is 1. The molecule has 8 nitrogen and oxygen atoms in total. The van der Waals surface area contributed by atoms with Crippen molar-refractivity contribution in [2.45, 2.75) is 76.3 Å². The lowest BCUT2D eigenvalue weighted by atomic mass is 9.79. The molecule has 0 spiro atoms. The van der Waals surface area contributed by atoms with E-state index in [0.717, 1.165) is 42.4 Å². The van der Waals surface area contributed by atoms with Gasteiger partial charge in [0, 0.05) is 71.2 Å². The zero-order valence-corrected chi connectivity index (χ0v) is 31.0. The monoisotopic (exact) mass is 764 g/mol. The average Bonchev–Trinajstić information content (AvgIpc) is 3.45. The minimum absolute atomic E-state index is 0.0225. The molecular weight excluding hydrogens is 729 g/mol. The van der Waals surface area contributed by atoms with Crippen molar-refractivity contribution < 1.29 is 18.3 Å². The maximum Gasteiger partial charge on any atom is 0.226 e.